The van der Waals surface area contributed by atoms with Crippen LogP contribution in [0.25, 0.3) is 0 Å². The fourth-order valence-corrected chi connectivity index (χ4v) is 0. The van der Waals surface area contributed by atoms with Crippen molar-refractivity contribution in [2.75, 3.05) is 0 Å². The Kier molecular flexibility index (Phi) is 8.63. The molecule has 0 amide bonds. The normalized spacial score (nSPS) is 6.38. The highest BCUT2D eigenvalue weighted by Crippen LogP contribution is 1.65. The van der Waals surface area contributed by atoms with Crippen molar-refractivity contribution in [3.8, 4) is 0 Å². The zero-order chi connectivity index (χ0) is 7.15. The number of nitrogens with two attached hydrogens (primary N) is 1. The zero-order valence-corrected chi connectivity index (χ0v) is 6.30. The summed E-state index contributed by atoms with van der Waals surface area (Å²) in [7, 11) is 0. The molecular weight excluding hydrogens is 120 g/mol. The molecule has 48 valence electrons. The minimum atomic E-state index is 0.176. The van der Waals surface area contributed by atoms with Crippen molar-refractivity contribution in [2.24, 2.45) is 5.73 Å². The molecule has 0 unspecified atom stereocenters. The quantitative estimate of drug-likeness (QED) is 0.418. The largest absolute Gasteiger partial charge is 0.388 e. The Morgan fingerprint density at radius 1 is 1.50 bits per heavy atom. The van der Waals surface area contributed by atoms with Gasteiger partial charge in [0.05, 0.1) is 5.71 Å². The van der Waals surface area contributed by atoms with Gasteiger partial charge >= 0.3 is 0 Å². The lowest BCUT2D eigenvalue weighted by Gasteiger charge is -1.83. The highest BCUT2D eigenvalue weighted by Gasteiger charge is 1.84. The molecule has 0 aliphatic rings. The summed E-state index contributed by atoms with van der Waals surface area (Å²) < 4.78 is 0. The van der Waals surface area contributed by atoms with Gasteiger partial charge in [0.25, 0.3) is 0 Å². The van der Waals surface area contributed by atoms with Crippen LogP contribution in [0.15, 0.2) is 0 Å². The smallest absolute Gasteiger partial charge is 0.117 e. The van der Waals surface area contributed by atoms with Crippen LogP contribution in [-0.4, -0.2) is 10.7 Å². The summed E-state index contributed by atoms with van der Waals surface area (Å²) in [5, 5.41) is 6.68. The molecule has 0 atom stereocenters. The highest BCUT2D eigenvalue weighted by molar-refractivity contribution is 7.82. The Hall–Kier alpha value is -0.440. The molecule has 0 saturated carbocycles. The second kappa shape index (κ2) is 6.56. The van der Waals surface area contributed by atoms with E-state index in [4.69, 9.17) is 11.1 Å². The van der Waals surface area contributed by atoms with Gasteiger partial charge in [-0.3, -0.25) is 0 Å². The van der Waals surface area contributed by atoms with Crippen LogP contribution in [0.5, 0.6) is 0 Å². The number of rotatable bonds is 1. The highest BCUT2D eigenvalue weighted by atomic mass is 32.1. The van der Waals surface area contributed by atoms with Gasteiger partial charge in [0, 0.05) is 0 Å². The molecule has 8 heavy (non-hydrogen) atoms. The van der Waals surface area contributed by atoms with Crippen LogP contribution in [0.2, 0.25) is 0 Å². The molecule has 0 radical (unpaired) electrons. The standard InChI is InChI=1S/C3H6N2S.C2H6/c1-2(4)3(5)6;1-2/h4H,1H3,(H2,5,6);1-2H3. The van der Waals surface area contributed by atoms with Crippen LogP contribution in [0.3, 0.4) is 0 Å². The van der Waals surface area contributed by atoms with E-state index in [0.717, 1.165) is 0 Å². The van der Waals surface area contributed by atoms with E-state index in [1.807, 2.05) is 13.8 Å². The summed E-state index contributed by atoms with van der Waals surface area (Å²) in [4.78, 5) is 0.176. The average molecular weight is 132 g/mol. The second-order valence-electron chi connectivity index (χ2n) is 0.989. The van der Waals surface area contributed by atoms with Crippen LogP contribution < -0.4 is 5.73 Å². The van der Waals surface area contributed by atoms with E-state index in [2.05, 4.69) is 12.2 Å². The molecule has 2 nitrogen and oxygen atoms in total. The molecule has 0 aromatic rings. The Morgan fingerprint density at radius 3 is 1.62 bits per heavy atom. The molecule has 0 spiro atoms. The second-order valence-corrected chi connectivity index (χ2v) is 1.43. The number of nitrogens with one attached hydrogen (secondary N) is 1. The molecule has 0 fully saturated rings. The van der Waals surface area contributed by atoms with Crippen molar-refractivity contribution >= 4 is 22.9 Å². The van der Waals surface area contributed by atoms with Crippen LogP contribution in [0.4, 0.5) is 0 Å². The minimum Gasteiger partial charge on any atom is -0.388 e. The molecule has 0 rings (SSSR count). The van der Waals surface area contributed by atoms with Crippen molar-refractivity contribution in [2.45, 2.75) is 20.8 Å². The third-order valence-electron chi connectivity index (χ3n) is 0.370. The first-order chi connectivity index (χ1) is 3.64. The summed E-state index contributed by atoms with van der Waals surface area (Å²) in [6.07, 6.45) is 0. The maximum absolute atomic E-state index is 6.68. The van der Waals surface area contributed by atoms with Gasteiger partial charge in [0.2, 0.25) is 0 Å². The van der Waals surface area contributed by atoms with Crippen molar-refractivity contribution in [1.82, 2.24) is 0 Å². The molecule has 3 N–H and O–H groups in total. The zero-order valence-electron chi connectivity index (χ0n) is 5.49. The third-order valence-corrected chi connectivity index (χ3v) is 0.676. The first-order valence-corrected chi connectivity index (χ1v) is 2.90. The lowest BCUT2D eigenvalue weighted by Crippen LogP contribution is -2.16. The van der Waals surface area contributed by atoms with Crippen LogP contribution in [-0.2, 0) is 0 Å². The predicted molar refractivity (Wildman–Crippen MR) is 41.5 cm³/mol. The minimum absolute atomic E-state index is 0.176. The average Bonchev–Trinajstić information content (AvgIpc) is 1.72. The molecule has 0 aromatic carbocycles. The van der Waals surface area contributed by atoms with Crippen molar-refractivity contribution in [3.05, 3.63) is 0 Å². The maximum Gasteiger partial charge on any atom is 0.117 e. The Labute approximate surface area is 55.6 Å². The SMILES string of the molecule is CC.CC(=N)C(N)=S. The maximum atomic E-state index is 6.68. The summed E-state index contributed by atoms with van der Waals surface area (Å²) in [6, 6.07) is 0. The molecule has 0 bridgehead atoms. The molecule has 0 heterocycles. The fourth-order valence-electron chi connectivity index (χ4n) is 0. The van der Waals surface area contributed by atoms with E-state index >= 15 is 0 Å². The van der Waals surface area contributed by atoms with Crippen LogP contribution in [0, 0.1) is 5.41 Å². The van der Waals surface area contributed by atoms with Gasteiger partial charge in [-0.15, -0.1) is 0 Å². The Balaban J connectivity index is 0. The summed E-state index contributed by atoms with van der Waals surface area (Å²) in [6.45, 7) is 5.56. The van der Waals surface area contributed by atoms with Crippen molar-refractivity contribution < 1.29 is 0 Å². The van der Waals surface area contributed by atoms with Gasteiger partial charge < -0.3 is 11.1 Å². The molecule has 0 aliphatic carbocycles. The molecular formula is C5H12N2S. The van der Waals surface area contributed by atoms with Gasteiger partial charge in [-0.05, 0) is 6.92 Å². The molecule has 0 saturated heterocycles. The lowest BCUT2D eigenvalue weighted by atomic mass is 10.4. The first kappa shape index (κ1) is 10.5. The van der Waals surface area contributed by atoms with E-state index in [0.29, 0.717) is 0 Å². The van der Waals surface area contributed by atoms with E-state index in [-0.39, 0.29) is 10.7 Å². The Bertz CT molecular complexity index is 76.4. The number of hydrogen-bond donors (Lipinski definition) is 2. The lowest BCUT2D eigenvalue weighted by molar-refractivity contribution is 1.50. The molecule has 3 heteroatoms. The summed E-state index contributed by atoms with van der Waals surface area (Å²) in [5.41, 5.74) is 5.21. The fraction of sp³-hybridized carbons (Fsp3) is 0.600. The third kappa shape index (κ3) is 9.12. The predicted octanol–water partition coefficient (Wildman–Crippen LogP) is 1.34. The van der Waals surface area contributed by atoms with Gasteiger partial charge in [-0.25, -0.2) is 0 Å². The Morgan fingerprint density at radius 2 is 1.62 bits per heavy atom. The van der Waals surface area contributed by atoms with E-state index in [9.17, 15) is 0 Å². The monoisotopic (exact) mass is 132 g/mol. The van der Waals surface area contributed by atoms with Crippen molar-refractivity contribution in [3.63, 3.8) is 0 Å². The van der Waals surface area contributed by atoms with Gasteiger partial charge in [-0.1, -0.05) is 26.1 Å². The molecule has 0 aliphatic heterocycles. The van der Waals surface area contributed by atoms with E-state index < -0.39 is 0 Å². The van der Waals surface area contributed by atoms with Gasteiger partial charge in [0.1, 0.15) is 4.99 Å². The van der Waals surface area contributed by atoms with E-state index in [1.54, 1.807) is 6.92 Å². The van der Waals surface area contributed by atoms with E-state index in [1.165, 1.54) is 0 Å². The first-order valence-electron chi connectivity index (χ1n) is 2.49. The topological polar surface area (TPSA) is 49.9 Å². The summed E-state index contributed by atoms with van der Waals surface area (Å²) in [5.74, 6) is 0. The van der Waals surface area contributed by atoms with Crippen molar-refractivity contribution in [1.29, 1.82) is 5.41 Å². The number of thiocarbonyl (C=S) groups is 1. The number of hydrogen-bond acceptors (Lipinski definition) is 2. The van der Waals surface area contributed by atoms with Gasteiger partial charge in [0.15, 0.2) is 0 Å². The summed E-state index contributed by atoms with van der Waals surface area (Å²) >= 11 is 4.37. The van der Waals surface area contributed by atoms with Crippen LogP contribution in [0.1, 0.15) is 20.8 Å². The van der Waals surface area contributed by atoms with Crippen LogP contribution >= 0.6 is 12.2 Å². The molecule has 0 aromatic heterocycles. The van der Waals surface area contributed by atoms with Gasteiger partial charge in [-0.2, -0.15) is 0 Å².